The van der Waals surface area contributed by atoms with E-state index in [0.717, 1.165) is 11.9 Å². The lowest BCUT2D eigenvalue weighted by Gasteiger charge is -2.19. The van der Waals surface area contributed by atoms with Gasteiger partial charge in [-0.25, -0.2) is 19.8 Å². The average Bonchev–Trinajstić information content (AvgIpc) is 3.26. The zero-order valence-corrected chi connectivity index (χ0v) is 19.3. The van der Waals surface area contributed by atoms with Crippen LogP contribution < -0.4 is 26.6 Å². The van der Waals surface area contributed by atoms with Crippen molar-refractivity contribution >= 4 is 23.5 Å². The molecule has 0 saturated carbocycles. The maximum absolute atomic E-state index is 13.9. The number of hydrogen-bond acceptors (Lipinski definition) is 7. The topological polar surface area (TPSA) is 112 Å². The van der Waals surface area contributed by atoms with E-state index in [-0.39, 0.29) is 34.9 Å². The quantitative estimate of drug-likeness (QED) is 0.288. The Morgan fingerprint density at radius 2 is 2.18 bits per heavy atom. The molecule has 0 radical (unpaired) electrons. The fourth-order valence-corrected chi connectivity index (χ4v) is 3.78. The molecule has 4 rings (SSSR count). The number of nitrogens with one attached hydrogen (secondary N) is 3. The number of nitrogens with two attached hydrogens (primary N) is 1. The summed E-state index contributed by atoms with van der Waals surface area (Å²) in [6.45, 7) is 2.05. The Morgan fingerprint density at radius 3 is 2.88 bits per heavy atom. The summed E-state index contributed by atoms with van der Waals surface area (Å²) in [4.78, 5) is 17.4. The van der Waals surface area contributed by atoms with Crippen LogP contribution in [0, 0.1) is 11.2 Å². The first-order valence-corrected chi connectivity index (χ1v) is 10.8. The summed E-state index contributed by atoms with van der Waals surface area (Å²) in [6, 6.07) is 9.58. The summed E-state index contributed by atoms with van der Waals surface area (Å²) in [5, 5.41) is 13.0. The van der Waals surface area contributed by atoms with E-state index in [1.807, 2.05) is 25.2 Å². The lowest BCUT2D eigenvalue weighted by atomic mass is 10.2. The molecule has 2 aromatic heterocycles. The molecule has 1 aliphatic rings. The van der Waals surface area contributed by atoms with Crippen molar-refractivity contribution in [3.05, 3.63) is 93.0 Å². The number of quaternary nitrogens is 1. The van der Waals surface area contributed by atoms with Crippen LogP contribution in [-0.4, -0.2) is 33.9 Å². The molecule has 9 nitrogen and oxygen atoms in total. The highest BCUT2D eigenvalue weighted by Gasteiger charge is 2.23. The highest BCUT2D eigenvalue weighted by molar-refractivity contribution is 6.32. The zero-order valence-electron chi connectivity index (χ0n) is 18.5. The van der Waals surface area contributed by atoms with Gasteiger partial charge in [-0.05, 0) is 19.1 Å². The summed E-state index contributed by atoms with van der Waals surface area (Å²) < 4.78 is 21.2. The zero-order chi connectivity index (χ0) is 24.2. The highest BCUT2D eigenvalue weighted by Crippen LogP contribution is 2.25. The molecule has 0 unspecified atom stereocenters. The predicted molar refractivity (Wildman–Crippen MR) is 127 cm³/mol. The van der Waals surface area contributed by atoms with Gasteiger partial charge in [0.2, 0.25) is 5.88 Å². The van der Waals surface area contributed by atoms with E-state index < -0.39 is 5.56 Å². The van der Waals surface area contributed by atoms with Crippen molar-refractivity contribution in [3.63, 3.8) is 0 Å². The monoisotopic (exact) mass is 484 g/mol. The van der Waals surface area contributed by atoms with Gasteiger partial charge in [0.05, 0.1) is 41.4 Å². The second-order valence-corrected chi connectivity index (χ2v) is 8.02. The maximum atomic E-state index is 13.9. The summed E-state index contributed by atoms with van der Waals surface area (Å²) in [6.07, 6.45) is 5.44. The molecule has 1 aromatic carbocycles. The highest BCUT2D eigenvalue weighted by atomic mass is 35.5. The number of benzene rings is 1. The molecule has 11 heteroatoms. The van der Waals surface area contributed by atoms with Crippen LogP contribution in [0.4, 0.5) is 10.1 Å². The van der Waals surface area contributed by atoms with Crippen LogP contribution in [0.2, 0.25) is 5.02 Å². The summed E-state index contributed by atoms with van der Waals surface area (Å²) >= 11 is 6.36. The fourth-order valence-electron chi connectivity index (χ4n) is 3.58. The van der Waals surface area contributed by atoms with Crippen molar-refractivity contribution in [2.45, 2.75) is 19.6 Å². The molecule has 3 aromatic rings. The molecule has 176 valence electrons. The maximum Gasteiger partial charge on any atom is 0.266 e. The molecule has 3 heterocycles. The van der Waals surface area contributed by atoms with Gasteiger partial charge in [0.1, 0.15) is 17.6 Å². The lowest BCUT2D eigenvalue weighted by molar-refractivity contribution is -0.820. The standard InChI is InChI=1S/C23H23ClFN7O2/c1-14(21-13-29-30-31(21)2)34-22-9-20(17(24)12-28-22)32-8-7-19(16(10-26)23(32)33)27-11-15-5-3-4-6-18(15)25/h3-10,12-14,26-27,29-30H,11H2,1-2H3/p+1/t14-/m0/s1. The SMILES string of the molecule is C[C@H](Oc1cc(-n2ccc(NCc3ccccc3F)c(C=N)c2=O)c(Cl)cn1)C1=CN[NH2+]N1C. The van der Waals surface area contributed by atoms with E-state index >= 15 is 0 Å². The Labute approximate surface area is 200 Å². The molecular formula is C23H24ClFN7O2+. The van der Waals surface area contributed by atoms with Crippen LogP contribution in [0.15, 0.2) is 65.5 Å². The van der Waals surface area contributed by atoms with Crippen molar-refractivity contribution in [1.29, 1.82) is 5.41 Å². The number of anilines is 1. The van der Waals surface area contributed by atoms with Gasteiger partial charge in [-0.15, -0.1) is 5.53 Å². The Hall–Kier alpha value is -3.89. The van der Waals surface area contributed by atoms with Crippen molar-refractivity contribution in [2.75, 3.05) is 12.4 Å². The molecule has 0 bridgehead atoms. The normalized spacial score (nSPS) is 13.8. The molecule has 0 aliphatic carbocycles. The number of pyridine rings is 2. The van der Waals surface area contributed by atoms with Gasteiger partial charge in [-0.1, -0.05) is 29.8 Å². The number of hydrogen-bond donors (Lipinski definition) is 4. The van der Waals surface area contributed by atoms with Crippen LogP contribution >= 0.6 is 11.6 Å². The molecule has 1 aliphatic heterocycles. The molecule has 0 spiro atoms. The van der Waals surface area contributed by atoms with Crippen molar-refractivity contribution < 1.29 is 14.7 Å². The molecule has 5 N–H and O–H groups in total. The van der Waals surface area contributed by atoms with Crippen LogP contribution in [0.3, 0.4) is 0 Å². The van der Waals surface area contributed by atoms with Crippen molar-refractivity contribution in [2.24, 2.45) is 0 Å². The minimum Gasteiger partial charge on any atom is -0.468 e. The van der Waals surface area contributed by atoms with Gasteiger partial charge < -0.3 is 15.5 Å². The van der Waals surface area contributed by atoms with Gasteiger partial charge in [0.25, 0.3) is 5.56 Å². The van der Waals surface area contributed by atoms with Crippen LogP contribution in [0.1, 0.15) is 18.1 Å². The van der Waals surface area contributed by atoms with E-state index in [4.69, 9.17) is 21.7 Å². The van der Waals surface area contributed by atoms with Crippen LogP contribution in [0.25, 0.3) is 5.69 Å². The molecule has 1 atom stereocenters. The second-order valence-electron chi connectivity index (χ2n) is 7.62. The summed E-state index contributed by atoms with van der Waals surface area (Å²) in [7, 11) is 1.90. The first-order chi connectivity index (χ1) is 16.4. The lowest BCUT2D eigenvalue weighted by Crippen LogP contribution is -2.96. The number of ether oxygens (including phenoxy) is 1. The van der Waals surface area contributed by atoms with Crippen molar-refractivity contribution in [3.8, 4) is 11.6 Å². The molecule has 0 amide bonds. The van der Waals surface area contributed by atoms with Crippen molar-refractivity contribution in [1.82, 2.24) is 20.0 Å². The molecule has 0 saturated heterocycles. The van der Waals surface area contributed by atoms with E-state index in [1.54, 1.807) is 42.1 Å². The first-order valence-electron chi connectivity index (χ1n) is 10.5. The first kappa shape index (κ1) is 23.3. The van der Waals surface area contributed by atoms with Gasteiger partial charge >= 0.3 is 0 Å². The van der Waals surface area contributed by atoms with Gasteiger partial charge in [0, 0.05) is 30.6 Å². The Bertz CT molecular complexity index is 1310. The van der Waals surface area contributed by atoms with Gasteiger partial charge in [0.15, 0.2) is 0 Å². The third-order valence-corrected chi connectivity index (χ3v) is 5.68. The van der Waals surface area contributed by atoms with Crippen LogP contribution in [-0.2, 0) is 6.54 Å². The number of aromatic nitrogens is 2. The number of likely N-dealkylation sites (N-methyl/N-ethyl adjacent to an activating group) is 1. The van der Waals surface area contributed by atoms with Gasteiger partial charge in [-0.3, -0.25) is 9.36 Å². The molecular weight excluding hydrogens is 461 g/mol. The Kier molecular flexibility index (Phi) is 6.80. The number of halogens is 2. The minimum atomic E-state index is -0.460. The third kappa shape index (κ3) is 4.73. The van der Waals surface area contributed by atoms with E-state index in [1.165, 1.54) is 16.8 Å². The summed E-state index contributed by atoms with van der Waals surface area (Å²) in [5.41, 5.74) is 6.60. The summed E-state index contributed by atoms with van der Waals surface area (Å²) in [5.74, 6) is -0.0588. The predicted octanol–water partition coefficient (Wildman–Crippen LogP) is 2.17. The van der Waals surface area contributed by atoms with Gasteiger partial charge in [-0.2, -0.15) is 0 Å². The number of rotatable bonds is 8. The molecule has 34 heavy (non-hydrogen) atoms. The smallest absolute Gasteiger partial charge is 0.266 e. The number of nitrogens with zero attached hydrogens (tertiary/aromatic N) is 3. The molecule has 0 fully saturated rings. The average molecular weight is 485 g/mol. The second kappa shape index (κ2) is 9.94. The van der Waals surface area contributed by atoms with E-state index in [0.29, 0.717) is 16.9 Å². The van der Waals surface area contributed by atoms with Crippen LogP contribution in [0.5, 0.6) is 5.88 Å². The van der Waals surface area contributed by atoms with E-state index in [9.17, 15) is 9.18 Å². The fraction of sp³-hybridized carbons (Fsp3) is 0.174. The minimum absolute atomic E-state index is 0.113. The van der Waals surface area contributed by atoms with E-state index in [2.05, 4.69) is 15.7 Å². The Morgan fingerprint density at radius 1 is 1.38 bits per heavy atom. The third-order valence-electron chi connectivity index (χ3n) is 5.39. The Balaban J connectivity index is 1.61. The largest absolute Gasteiger partial charge is 0.468 e.